The van der Waals surface area contributed by atoms with Gasteiger partial charge >= 0.3 is 0 Å². The number of hydrogen-bond acceptors (Lipinski definition) is 9. The summed E-state index contributed by atoms with van der Waals surface area (Å²) in [6, 6.07) is 7.85. The zero-order valence-corrected chi connectivity index (χ0v) is 18.2. The number of thiophene rings is 1. The van der Waals surface area contributed by atoms with Crippen molar-refractivity contribution in [3.63, 3.8) is 0 Å². The van der Waals surface area contributed by atoms with Gasteiger partial charge in [-0.05, 0) is 49.8 Å². The second kappa shape index (κ2) is 8.65. The van der Waals surface area contributed by atoms with Gasteiger partial charge in [0.15, 0.2) is 5.16 Å². The fourth-order valence-corrected chi connectivity index (χ4v) is 5.03. The summed E-state index contributed by atoms with van der Waals surface area (Å²) in [5.41, 5.74) is 0. The Bertz CT molecular complexity index is 1070. The molecule has 1 aliphatic heterocycles. The summed E-state index contributed by atoms with van der Waals surface area (Å²) >= 11 is 3.16. The van der Waals surface area contributed by atoms with E-state index in [1.54, 1.807) is 29.4 Å². The van der Waals surface area contributed by atoms with Crippen LogP contribution in [-0.2, 0) is 6.54 Å². The third-order valence-corrected chi connectivity index (χ3v) is 6.98. The summed E-state index contributed by atoms with van der Waals surface area (Å²) in [5.74, 6) is 2.97. The van der Waals surface area contributed by atoms with Gasteiger partial charge in [0.1, 0.15) is 5.76 Å². The molecule has 1 unspecified atom stereocenters. The number of nitrogens with zero attached hydrogens (tertiary/aromatic N) is 6. The van der Waals surface area contributed by atoms with Gasteiger partial charge in [-0.25, -0.2) is 0 Å². The van der Waals surface area contributed by atoms with E-state index in [2.05, 4.69) is 29.8 Å². The molecule has 1 fully saturated rings. The molecular formula is C20H22N6O2S2. The molecule has 4 aromatic rings. The normalized spacial score (nSPS) is 15.6. The SMILES string of the molecule is CC(Sc1nnc(N2CCCCC2)n1Cc1ccco1)c1nc(-c2cccs2)no1. The number of piperidine rings is 1. The Hall–Kier alpha value is -2.59. The van der Waals surface area contributed by atoms with Gasteiger partial charge in [-0.1, -0.05) is 23.0 Å². The third kappa shape index (κ3) is 4.01. The molecule has 1 aliphatic rings. The van der Waals surface area contributed by atoms with Crippen molar-refractivity contribution in [2.45, 2.75) is 43.1 Å². The van der Waals surface area contributed by atoms with Gasteiger partial charge in [0, 0.05) is 13.1 Å². The van der Waals surface area contributed by atoms with Crippen molar-refractivity contribution in [2.24, 2.45) is 0 Å². The monoisotopic (exact) mass is 442 g/mol. The first-order valence-corrected chi connectivity index (χ1v) is 11.8. The molecule has 5 heterocycles. The van der Waals surface area contributed by atoms with E-state index < -0.39 is 0 Å². The second-order valence-electron chi connectivity index (χ2n) is 7.19. The highest BCUT2D eigenvalue weighted by Crippen LogP contribution is 2.36. The number of anilines is 1. The lowest BCUT2D eigenvalue weighted by atomic mass is 10.1. The van der Waals surface area contributed by atoms with Crippen molar-refractivity contribution in [1.29, 1.82) is 0 Å². The van der Waals surface area contributed by atoms with Gasteiger partial charge < -0.3 is 13.8 Å². The lowest BCUT2D eigenvalue weighted by Crippen LogP contribution is -2.32. The second-order valence-corrected chi connectivity index (χ2v) is 9.45. The van der Waals surface area contributed by atoms with E-state index >= 15 is 0 Å². The van der Waals surface area contributed by atoms with Crippen LogP contribution < -0.4 is 4.90 Å². The van der Waals surface area contributed by atoms with Crippen molar-refractivity contribution in [2.75, 3.05) is 18.0 Å². The smallest absolute Gasteiger partial charge is 0.240 e. The highest BCUT2D eigenvalue weighted by atomic mass is 32.2. The van der Waals surface area contributed by atoms with E-state index in [0.29, 0.717) is 18.3 Å². The molecule has 0 N–H and O–H groups in total. The number of thioether (sulfide) groups is 1. The standard InChI is InChI=1S/C20H22N6O2S2/c1-14(18-21-17(24-28-18)16-8-6-12-29-16)30-20-23-22-19(25-9-3-2-4-10-25)26(20)13-15-7-5-11-27-15/h5-8,11-12,14H,2-4,9-10,13H2,1H3. The zero-order chi connectivity index (χ0) is 20.3. The first-order valence-electron chi connectivity index (χ1n) is 10.0. The Kier molecular flexibility index (Phi) is 5.58. The lowest BCUT2D eigenvalue weighted by molar-refractivity contribution is 0.380. The highest BCUT2D eigenvalue weighted by Gasteiger charge is 2.25. The number of furan rings is 1. The maximum absolute atomic E-state index is 5.59. The summed E-state index contributed by atoms with van der Waals surface area (Å²) in [7, 11) is 0. The van der Waals surface area contributed by atoms with E-state index in [4.69, 9.17) is 8.94 Å². The first kappa shape index (κ1) is 19.4. The van der Waals surface area contributed by atoms with Crippen molar-refractivity contribution in [3.05, 3.63) is 47.6 Å². The lowest BCUT2D eigenvalue weighted by Gasteiger charge is -2.27. The molecule has 0 aromatic carbocycles. The maximum Gasteiger partial charge on any atom is 0.240 e. The molecule has 0 spiro atoms. The molecular weight excluding hydrogens is 420 g/mol. The van der Waals surface area contributed by atoms with Crippen LogP contribution in [-0.4, -0.2) is 38.0 Å². The van der Waals surface area contributed by atoms with E-state index in [-0.39, 0.29) is 5.25 Å². The Morgan fingerprint density at radius 3 is 2.83 bits per heavy atom. The Labute approximate surface area is 182 Å². The van der Waals surface area contributed by atoms with Crippen LogP contribution in [0.2, 0.25) is 0 Å². The van der Waals surface area contributed by atoms with Crippen LogP contribution in [0, 0.1) is 0 Å². The van der Waals surface area contributed by atoms with E-state index in [9.17, 15) is 0 Å². The van der Waals surface area contributed by atoms with Gasteiger partial charge in [-0.15, -0.1) is 21.5 Å². The van der Waals surface area contributed by atoms with Crippen molar-refractivity contribution < 1.29 is 8.94 Å². The molecule has 0 radical (unpaired) electrons. The zero-order valence-electron chi connectivity index (χ0n) is 16.6. The molecule has 0 amide bonds. The fraction of sp³-hybridized carbons (Fsp3) is 0.400. The minimum Gasteiger partial charge on any atom is -0.467 e. The number of rotatable bonds is 7. The predicted octanol–water partition coefficient (Wildman–Crippen LogP) is 4.87. The molecule has 8 nitrogen and oxygen atoms in total. The Balaban J connectivity index is 1.39. The highest BCUT2D eigenvalue weighted by molar-refractivity contribution is 7.99. The Morgan fingerprint density at radius 1 is 1.17 bits per heavy atom. The average Bonchev–Trinajstić information content (AvgIpc) is 3.56. The molecule has 1 saturated heterocycles. The number of aromatic nitrogens is 5. The van der Waals surface area contributed by atoms with Crippen molar-refractivity contribution in [3.8, 4) is 10.7 Å². The summed E-state index contributed by atoms with van der Waals surface area (Å²) in [6.07, 6.45) is 5.32. The predicted molar refractivity (Wildman–Crippen MR) is 116 cm³/mol. The molecule has 156 valence electrons. The molecule has 0 bridgehead atoms. The van der Waals surface area contributed by atoms with E-state index in [1.165, 1.54) is 19.3 Å². The molecule has 0 saturated carbocycles. The van der Waals surface area contributed by atoms with Crippen molar-refractivity contribution in [1.82, 2.24) is 24.9 Å². The molecule has 30 heavy (non-hydrogen) atoms. The molecule has 1 atom stereocenters. The van der Waals surface area contributed by atoms with Crippen LogP contribution in [0.4, 0.5) is 5.95 Å². The summed E-state index contributed by atoms with van der Waals surface area (Å²) in [5, 5.41) is 15.9. The van der Waals surface area contributed by atoms with Gasteiger partial charge in [0.2, 0.25) is 17.7 Å². The quantitative estimate of drug-likeness (QED) is 0.375. The minimum absolute atomic E-state index is 0.0556. The molecule has 4 aromatic heterocycles. The van der Waals surface area contributed by atoms with E-state index in [0.717, 1.165) is 34.8 Å². The van der Waals surface area contributed by atoms with Crippen LogP contribution in [0.1, 0.15) is 43.1 Å². The average molecular weight is 443 g/mol. The molecule has 10 heteroatoms. The van der Waals surface area contributed by atoms with E-state index in [1.807, 2.05) is 36.6 Å². The van der Waals surface area contributed by atoms with Crippen LogP contribution in [0.3, 0.4) is 0 Å². The summed E-state index contributed by atoms with van der Waals surface area (Å²) < 4.78 is 13.3. The summed E-state index contributed by atoms with van der Waals surface area (Å²) in [6.45, 7) is 4.64. The van der Waals surface area contributed by atoms with Gasteiger partial charge in [0.05, 0.1) is 22.9 Å². The van der Waals surface area contributed by atoms with Gasteiger partial charge in [-0.3, -0.25) is 4.57 Å². The van der Waals surface area contributed by atoms with Crippen LogP contribution in [0.15, 0.2) is 50.0 Å². The minimum atomic E-state index is -0.0556. The Morgan fingerprint density at radius 2 is 2.07 bits per heavy atom. The largest absolute Gasteiger partial charge is 0.467 e. The van der Waals surface area contributed by atoms with Crippen LogP contribution >= 0.6 is 23.1 Å². The molecule has 0 aliphatic carbocycles. The van der Waals surface area contributed by atoms with Crippen molar-refractivity contribution >= 4 is 29.0 Å². The summed E-state index contributed by atoms with van der Waals surface area (Å²) in [4.78, 5) is 7.89. The fourth-order valence-electron chi connectivity index (χ4n) is 3.51. The first-order chi connectivity index (χ1) is 14.8. The maximum atomic E-state index is 5.59. The van der Waals surface area contributed by atoms with Crippen LogP contribution in [0.25, 0.3) is 10.7 Å². The van der Waals surface area contributed by atoms with Crippen LogP contribution in [0.5, 0.6) is 0 Å². The number of hydrogen-bond donors (Lipinski definition) is 0. The van der Waals surface area contributed by atoms with Gasteiger partial charge in [-0.2, -0.15) is 4.98 Å². The molecule has 5 rings (SSSR count). The topological polar surface area (TPSA) is 86.0 Å². The van der Waals surface area contributed by atoms with Gasteiger partial charge in [0.25, 0.3) is 0 Å². The third-order valence-electron chi connectivity index (χ3n) is 5.04.